The molecule has 0 saturated carbocycles. The van der Waals surface area contributed by atoms with Crippen molar-refractivity contribution in [1.82, 2.24) is 0 Å². The van der Waals surface area contributed by atoms with Gasteiger partial charge in [-0.25, -0.2) is 4.79 Å². The number of hydrogen-bond acceptors (Lipinski definition) is 5. The smallest absolute Gasteiger partial charge is 0.346 e. The number of nitrogens with zero attached hydrogens (tertiary/aromatic N) is 2. The summed E-state index contributed by atoms with van der Waals surface area (Å²) in [6.07, 6.45) is 5.26. The first-order valence-corrected chi connectivity index (χ1v) is 9.11. The molecule has 0 radical (unpaired) electrons. The van der Waals surface area contributed by atoms with Gasteiger partial charge in [0.15, 0.2) is 0 Å². The number of nitriles is 1. The maximum Gasteiger partial charge on any atom is 0.346 e. The van der Waals surface area contributed by atoms with Crippen LogP contribution in [0.2, 0.25) is 0 Å². The summed E-state index contributed by atoms with van der Waals surface area (Å²) >= 11 is 3.28. The Morgan fingerprint density at radius 3 is 2.52 bits per heavy atom. The molecule has 2 aromatic heterocycles. The van der Waals surface area contributed by atoms with Crippen LogP contribution in [-0.2, 0) is 4.79 Å². The highest BCUT2D eigenvalue weighted by molar-refractivity contribution is 7.24. The third kappa shape index (κ3) is 3.63. The Morgan fingerprint density at radius 1 is 1.13 bits per heavy atom. The standard InChI is InChI=1S/C17H16N2O2S2/c18-11-12(17(20)21)10-13-4-5-14(22-13)15-6-7-16(23-15)19-8-2-1-3-9-19/h4-7,10H,1-3,8-9H2,(H,20,21)/b12-10+. The fraction of sp³-hybridized carbons (Fsp3) is 0.294. The molecule has 1 aliphatic heterocycles. The van der Waals surface area contributed by atoms with Crippen LogP contribution in [0.3, 0.4) is 0 Å². The van der Waals surface area contributed by atoms with Gasteiger partial charge in [-0.3, -0.25) is 0 Å². The molecule has 0 aliphatic carbocycles. The number of carboxylic acid groups (broad SMARTS) is 1. The Bertz CT molecular complexity index is 777. The summed E-state index contributed by atoms with van der Waals surface area (Å²) in [6.45, 7) is 2.26. The van der Waals surface area contributed by atoms with E-state index in [1.807, 2.05) is 12.1 Å². The van der Waals surface area contributed by atoms with Crippen LogP contribution in [0.1, 0.15) is 24.1 Å². The van der Waals surface area contributed by atoms with Gasteiger partial charge in [-0.05, 0) is 49.6 Å². The molecule has 6 heteroatoms. The van der Waals surface area contributed by atoms with Crippen LogP contribution < -0.4 is 4.90 Å². The highest BCUT2D eigenvalue weighted by Crippen LogP contribution is 2.38. The number of anilines is 1. The van der Waals surface area contributed by atoms with Crippen LogP contribution in [0.4, 0.5) is 5.00 Å². The molecule has 0 atom stereocenters. The third-order valence-corrected chi connectivity index (χ3v) is 6.14. The first kappa shape index (κ1) is 15.8. The first-order chi connectivity index (χ1) is 11.2. The lowest BCUT2D eigenvalue weighted by Gasteiger charge is -2.27. The van der Waals surface area contributed by atoms with Gasteiger partial charge in [0.05, 0.1) is 5.00 Å². The molecular formula is C17H16N2O2S2. The van der Waals surface area contributed by atoms with Gasteiger partial charge < -0.3 is 10.0 Å². The van der Waals surface area contributed by atoms with E-state index in [0.717, 1.165) is 22.8 Å². The molecule has 1 fully saturated rings. The van der Waals surface area contributed by atoms with E-state index < -0.39 is 5.97 Å². The van der Waals surface area contributed by atoms with Crippen LogP contribution in [0.25, 0.3) is 15.8 Å². The second-order valence-electron chi connectivity index (χ2n) is 5.36. The van der Waals surface area contributed by atoms with E-state index >= 15 is 0 Å². The van der Waals surface area contributed by atoms with Gasteiger partial charge in [-0.2, -0.15) is 5.26 Å². The zero-order valence-electron chi connectivity index (χ0n) is 12.5. The van der Waals surface area contributed by atoms with E-state index in [-0.39, 0.29) is 5.57 Å². The molecule has 0 spiro atoms. The molecule has 118 valence electrons. The van der Waals surface area contributed by atoms with Crippen LogP contribution in [-0.4, -0.2) is 24.2 Å². The monoisotopic (exact) mass is 344 g/mol. The average molecular weight is 344 g/mol. The van der Waals surface area contributed by atoms with E-state index in [1.54, 1.807) is 17.4 Å². The number of carbonyl (C=O) groups is 1. The molecule has 0 unspecified atom stereocenters. The fourth-order valence-corrected chi connectivity index (χ4v) is 4.69. The van der Waals surface area contributed by atoms with Crippen molar-refractivity contribution in [1.29, 1.82) is 5.26 Å². The zero-order valence-corrected chi connectivity index (χ0v) is 14.1. The van der Waals surface area contributed by atoms with Gasteiger partial charge in [0.2, 0.25) is 0 Å². The third-order valence-electron chi connectivity index (χ3n) is 3.77. The number of hydrogen-bond donors (Lipinski definition) is 1. The van der Waals surface area contributed by atoms with Crippen molar-refractivity contribution in [2.45, 2.75) is 19.3 Å². The summed E-state index contributed by atoms with van der Waals surface area (Å²) in [7, 11) is 0. The van der Waals surface area contributed by atoms with Crippen molar-refractivity contribution in [3.05, 3.63) is 34.7 Å². The van der Waals surface area contributed by atoms with Gasteiger partial charge >= 0.3 is 5.97 Å². The largest absolute Gasteiger partial charge is 0.477 e. The Morgan fingerprint density at radius 2 is 1.83 bits per heavy atom. The Labute approximate surface area is 142 Å². The minimum atomic E-state index is -1.19. The summed E-state index contributed by atoms with van der Waals surface area (Å²) in [6, 6.07) is 9.84. The Hall–Kier alpha value is -2.10. The fourth-order valence-electron chi connectivity index (χ4n) is 2.59. The van der Waals surface area contributed by atoms with Crippen molar-refractivity contribution in [3.8, 4) is 15.8 Å². The van der Waals surface area contributed by atoms with Crippen LogP contribution >= 0.6 is 22.7 Å². The predicted octanol–water partition coefficient (Wildman–Crippen LogP) is 4.46. The van der Waals surface area contributed by atoms with Crippen molar-refractivity contribution >= 4 is 39.7 Å². The topological polar surface area (TPSA) is 64.3 Å². The second kappa shape index (κ2) is 6.99. The SMILES string of the molecule is N#C/C(=C\c1ccc(-c2ccc(N3CCCCC3)s2)s1)C(=O)O. The maximum absolute atomic E-state index is 10.9. The summed E-state index contributed by atoms with van der Waals surface area (Å²) < 4.78 is 0. The molecular weight excluding hydrogens is 328 g/mol. The molecule has 1 aliphatic rings. The molecule has 0 aromatic carbocycles. The zero-order chi connectivity index (χ0) is 16.2. The van der Waals surface area contributed by atoms with Gasteiger partial charge in [0.25, 0.3) is 0 Å². The van der Waals surface area contributed by atoms with Gasteiger partial charge in [-0.1, -0.05) is 0 Å². The minimum absolute atomic E-state index is 0.237. The summed E-state index contributed by atoms with van der Waals surface area (Å²) in [5.74, 6) is -1.19. The minimum Gasteiger partial charge on any atom is -0.477 e. The Kier molecular flexibility index (Phi) is 4.79. The van der Waals surface area contributed by atoms with Crippen molar-refractivity contribution in [2.24, 2.45) is 0 Å². The van der Waals surface area contributed by atoms with Crippen LogP contribution in [0.15, 0.2) is 29.8 Å². The van der Waals surface area contributed by atoms with Crippen molar-refractivity contribution in [3.63, 3.8) is 0 Å². The molecule has 0 bridgehead atoms. The molecule has 3 heterocycles. The number of piperidine rings is 1. The van der Waals surface area contributed by atoms with E-state index in [1.165, 1.54) is 46.6 Å². The van der Waals surface area contributed by atoms with E-state index in [0.29, 0.717) is 0 Å². The average Bonchev–Trinajstić information content (AvgIpc) is 3.22. The quantitative estimate of drug-likeness (QED) is 0.657. The first-order valence-electron chi connectivity index (χ1n) is 7.47. The lowest BCUT2D eigenvalue weighted by Crippen LogP contribution is -2.28. The normalized spacial score (nSPS) is 15.4. The molecule has 0 amide bonds. The van der Waals surface area contributed by atoms with E-state index in [9.17, 15) is 4.79 Å². The maximum atomic E-state index is 10.9. The molecule has 2 aromatic rings. The van der Waals surface area contributed by atoms with Crippen molar-refractivity contribution in [2.75, 3.05) is 18.0 Å². The van der Waals surface area contributed by atoms with Gasteiger partial charge in [0, 0.05) is 27.7 Å². The van der Waals surface area contributed by atoms with E-state index in [2.05, 4.69) is 17.0 Å². The van der Waals surface area contributed by atoms with Crippen LogP contribution in [0, 0.1) is 11.3 Å². The van der Waals surface area contributed by atoms with Gasteiger partial charge in [-0.15, -0.1) is 22.7 Å². The number of thiophene rings is 2. The second-order valence-corrected chi connectivity index (χ2v) is 7.54. The summed E-state index contributed by atoms with van der Waals surface area (Å²) in [5, 5.41) is 19.0. The molecule has 4 nitrogen and oxygen atoms in total. The van der Waals surface area contributed by atoms with Crippen molar-refractivity contribution < 1.29 is 9.90 Å². The summed E-state index contributed by atoms with van der Waals surface area (Å²) in [4.78, 5) is 16.4. The van der Waals surface area contributed by atoms with E-state index in [4.69, 9.17) is 10.4 Å². The lowest BCUT2D eigenvalue weighted by molar-refractivity contribution is -0.132. The molecule has 1 saturated heterocycles. The highest BCUT2D eigenvalue weighted by Gasteiger charge is 2.14. The summed E-state index contributed by atoms with van der Waals surface area (Å²) in [5.41, 5.74) is -0.237. The number of carboxylic acids is 1. The molecule has 3 rings (SSSR count). The molecule has 23 heavy (non-hydrogen) atoms. The lowest BCUT2D eigenvalue weighted by atomic mass is 10.1. The number of rotatable bonds is 4. The predicted molar refractivity (Wildman–Crippen MR) is 94.9 cm³/mol. The Balaban J connectivity index is 1.80. The number of aliphatic carboxylic acids is 1. The molecule has 1 N–H and O–H groups in total. The van der Waals surface area contributed by atoms with Crippen LogP contribution in [0.5, 0.6) is 0 Å². The highest BCUT2D eigenvalue weighted by atomic mass is 32.1. The van der Waals surface area contributed by atoms with Gasteiger partial charge in [0.1, 0.15) is 11.6 Å².